The van der Waals surface area contributed by atoms with Gasteiger partial charge in [0.15, 0.2) is 5.78 Å². The molecule has 0 bridgehead atoms. The highest BCUT2D eigenvalue weighted by molar-refractivity contribution is 6.05. The molecule has 0 radical (unpaired) electrons. The Morgan fingerprint density at radius 3 is 2.54 bits per heavy atom. The Morgan fingerprint density at radius 2 is 1.74 bits per heavy atom. The molecule has 6 nitrogen and oxygen atoms in total. The fraction of sp³-hybridized carbons (Fsp3) is 0.394. The van der Waals surface area contributed by atoms with Crippen molar-refractivity contribution in [1.29, 1.82) is 0 Å². The predicted octanol–water partition coefficient (Wildman–Crippen LogP) is 6.72. The van der Waals surface area contributed by atoms with E-state index in [0.717, 1.165) is 70.4 Å². The average Bonchev–Trinajstić information content (AvgIpc) is 3.44. The Bertz CT molecular complexity index is 1500. The maximum Gasteiger partial charge on any atom is 0.337 e. The van der Waals surface area contributed by atoms with Gasteiger partial charge in [-0.3, -0.25) is 4.79 Å². The minimum atomic E-state index is -0.484. The van der Waals surface area contributed by atoms with Crippen LogP contribution in [0.5, 0.6) is 5.75 Å². The van der Waals surface area contributed by atoms with Crippen molar-refractivity contribution in [1.82, 2.24) is 10.3 Å². The molecule has 1 aliphatic heterocycles. The fourth-order valence-electron chi connectivity index (χ4n) is 6.82. The number of carbonyl (C=O) groups excluding carboxylic acids is 2. The first kappa shape index (κ1) is 25.5. The molecule has 2 aromatic carbocycles. The van der Waals surface area contributed by atoms with Crippen molar-refractivity contribution in [2.45, 2.75) is 76.7 Å². The maximum absolute atomic E-state index is 14.1. The summed E-state index contributed by atoms with van der Waals surface area (Å²) in [6.45, 7) is 4.01. The van der Waals surface area contributed by atoms with Crippen LogP contribution in [0.15, 0.2) is 71.2 Å². The highest BCUT2D eigenvalue weighted by atomic mass is 16.5. The summed E-state index contributed by atoms with van der Waals surface area (Å²) < 4.78 is 11.7. The highest BCUT2D eigenvalue weighted by Crippen LogP contribution is 2.48. The zero-order valence-electron chi connectivity index (χ0n) is 22.9. The van der Waals surface area contributed by atoms with Crippen LogP contribution in [0.3, 0.4) is 0 Å². The lowest BCUT2D eigenvalue weighted by Crippen LogP contribution is -2.37. The standard InChI is InChI=1S/C33H36N2O4/c1-19-13-14-24(25-15-16-34-32(19)25)30-29(33(37)39-22-9-5-4-6-10-22)20(2)35-26-17-21(18-27(36)31(26)30)23-11-7-8-12-28(23)38-3/h7-8,11-16,21-22,30,34-35H,4-6,9-10,17-18H2,1-3H3/t21-,30-/m1/s1. The second-order valence-electron chi connectivity index (χ2n) is 11.2. The van der Waals surface area contributed by atoms with Crippen LogP contribution >= 0.6 is 0 Å². The SMILES string of the molecule is COc1ccccc1[C@H]1CC(=O)C2=C(C1)NC(C)=C(C(=O)OC1CCCCC1)[C@H]2c1ccc(C)c2[nH]ccc12. The van der Waals surface area contributed by atoms with Crippen molar-refractivity contribution in [3.63, 3.8) is 0 Å². The molecule has 2 N–H and O–H groups in total. The molecule has 39 heavy (non-hydrogen) atoms. The largest absolute Gasteiger partial charge is 0.496 e. The number of methoxy groups -OCH3 is 1. The number of aromatic nitrogens is 1. The van der Waals surface area contributed by atoms with Gasteiger partial charge in [-0.25, -0.2) is 4.79 Å². The van der Waals surface area contributed by atoms with Gasteiger partial charge in [-0.1, -0.05) is 36.8 Å². The number of carbonyl (C=O) groups is 2. The third kappa shape index (κ3) is 4.56. The van der Waals surface area contributed by atoms with Crippen LogP contribution in [0.25, 0.3) is 10.9 Å². The molecule has 1 fully saturated rings. The molecule has 3 aliphatic rings. The first-order valence-electron chi connectivity index (χ1n) is 14.1. The Labute approximate surface area is 229 Å². The van der Waals surface area contributed by atoms with Gasteiger partial charge in [0.25, 0.3) is 0 Å². The Morgan fingerprint density at radius 1 is 0.949 bits per heavy atom. The van der Waals surface area contributed by atoms with E-state index >= 15 is 0 Å². The van der Waals surface area contributed by atoms with Crippen molar-refractivity contribution in [3.8, 4) is 5.75 Å². The molecule has 1 saturated carbocycles. The minimum Gasteiger partial charge on any atom is -0.496 e. The molecule has 6 rings (SSSR count). The van der Waals surface area contributed by atoms with Crippen LogP contribution in [0.2, 0.25) is 0 Å². The Kier molecular flexibility index (Phi) is 6.79. The summed E-state index contributed by atoms with van der Waals surface area (Å²) in [4.78, 5) is 31.3. The molecule has 0 amide bonds. The number of allylic oxidation sites excluding steroid dienone is 3. The minimum absolute atomic E-state index is 0.00520. The van der Waals surface area contributed by atoms with E-state index in [-0.39, 0.29) is 23.8 Å². The van der Waals surface area contributed by atoms with Gasteiger partial charge in [0.1, 0.15) is 11.9 Å². The quantitative estimate of drug-likeness (QED) is 0.362. The van der Waals surface area contributed by atoms with E-state index in [2.05, 4.69) is 29.4 Å². The van der Waals surface area contributed by atoms with Gasteiger partial charge in [0, 0.05) is 52.3 Å². The van der Waals surface area contributed by atoms with E-state index in [1.54, 1.807) is 7.11 Å². The first-order chi connectivity index (χ1) is 19.0. The molecule has 6 heteroatoms. The normalized spacial score (nSPS) is 22.1. The molecule has 0 saturated heterocycles. The van der Waals surface area contributed by atoms with Crippen LogP contribution in [-0.4, -0.2) is 30.0 Å². The summed E-state index contributed by atoms with van der Waals surface area (Å²) in [6.07, 6.45) is 8.04. The maximum atomic E-state index is 14.1. The molecule has 0 spiro atoms. The number of esters is 1. The second-order valence-corrected chi connectivity index (χ2v) is 11.2. The number of nitrogens with one attached hydrogen (secondary N) is 2. The zero-order chi connectivity index (χ0) is 27.1. The van der Waals surface area contributed by atoms with E-state index in [9.17, 15) is 9.59 Å². The van der Waals surface area contributed by atoms with E-state index in [1.165, 1.54) is 6.42 Å². The number of benzene rings is 2. The van der Waals surface area contributed by atoms with Gasteiger partial charge in [-0.15, -0.1) is 0 Å². The Hall–Kier alpha value is -3.80. The number of aromatic amines is 1. The smallest absolute Gasteiger partial charge is 0.337 e. The molecule has 2 atom stereocenters. The third-order valence-corrected chi connectivity index (χ3v) is 8.73. The monoisotopic (exact) mass is 524 g/mol. The molecule has 1 aromatic heterocycles. The number of rotatable bonds is 5. The molecular formula is C33H36N2O4. The lowest BCUT2D eigenvalue weighted by molar-refractivity contribution is -0.146. The fourth-order valence-corrected chi connectivity index (χ4v) is 6.82. The Balaban J connectivity index is 1.45. The van der Waals surface area contributed by atoms with Gasteiger partial charge in [-0.05, 0) is 74.8 Å². The number of para-hydroxylation sites is 1. The molecule has 3 aromatic rings. The molecule has 0 unspecified atom stereocenters. The van der Waals surface area contributed by atoms with Gasteiger partial charge in [0.05, 0.1) is 12.7 Å². The number of hydrogen-bond acceptors (Lipinski definition) is 5. The number of H-pyrrole nitrogens is 1. The van der Waals surface area contributed by atoms with Crippen LogP contribution in [0.4, 0.5) is 0 Å². The summed E-state index contributed by atoms with van der Waals surface area (Å²) >= 11 is 0. The number of hydrogen-bond donors (Lipinski definition) is 2. The van der Waals surface area contributed by atoms with Gasteiger partial charge >= 0.3 is 5.97 Å². The summed E-state index contributed by atoms with van der Waals surface area (Å²) in [6, 6.07) is 14.1. The van der Waals surface area contributed by atoms with Crippen LogP contribution in [-0.2, 0) is 14.3 Å². The predicted molar refractivity (Wildman–Crippen MR) is 152 cm³/mol. The summed E-state index contributed by atoms with van der Waals surface area (Å²) in [5.74, 6) is 0.0526. The van der Waals surface area contributed by atoms with E-state index in [1.807, 2.05) is 43.5 Å². The number of ketones is 1. The topological polar surface area (TPSA) is 80.4 Å². The highest BCUT2D eigenvalue weighted by Gasteiger charge is 2.43. The van der Waals surface area contributed by atoms with Crippen molar-refractivity contribution in [3.05, 3.63) is 87.9 Å². The average molecular weight is 525 g/mol. The third-order valence-electron chi connectivity index (χ3n) is 8.73. The molecule has 2 heterocycles. The number of ether oxygens (including phenoxy) is 2. The van der Waals surface area contributed by atoms with Crippen LogP contribution in [0, 0.1) is 6.92 Å². The van der Waals surface area contributed by atoms with Gasteiger partial charge in [0.2, 0.25) is 0 Å². The van der Waals surface area contributed by atoms with Crippen molar-refractivity contribution in [2.24, 2.45) is 0 Å². The number of aryl methyl sites for hydroxylation is 1. The lowest BCUT2D eigenvalue weighted by atomic mass is 9.71. The lowest BCUT2D eigenvalue weighted by Gasteiger charge is -2.37. The summed E-state index contributed by atoms with van der Waals surface area (Å²) in [5, 5.41) is 4.53. The molecule has 202 valence electrons. The van der Waals surface area contributed by atoms with E-state index in [4.69, 9.17) is 9.47 Å². The van der Waals surface area contributed by atoms with Crippen LogP contribution < -0.4 is 10.1 Å². The summed E-state index contributed by atoms with van der Waals surface area (Å²) in [7, 11) is 1.67. The van der Waals surface area contributed by atoms with Gasteiger partial charge < -0.3 is 19.8 Å². The van der Waals surface area contributed by atoms with E-state index in [0.29, 0.717) is 24.0 Å². The number of dihydropyridines is 1. The van der Waals surface area contributed by atoms with Gasteiger partial charge in [-0.2, -0.15) is 0 Å². The van der Waals surface area contributed by atoms with Crippen molar-refractivity contribution < 1.29 is 19.1 Å². The van der Waals surface area contributed by atoms with Crippen LogP contribution in [0.1, 0.15) is 80.4 Å². The van der Waals surface area contributed by atoms with Crippen molar-refractivity contribution in [2.75, 3.05) is 7.11 Å². The van der Waals surface area contributed by atoms with Crippen molar-refractivity contribution >= 4 is 22.7 Å². The number of fused-ring (bicyclic) bond motifs is 1. The summed E-state index contributed by atoms with van der Waals surface area (Å²) in [5.41, 5.74) is 7.04. The molecule has 2 aliphatic carbocycles. The second kappa shape index (κ2) is 10.4. The molecular weight excluding hydrogens is 488 g/mol. The number of Topliss-reactive ketones (excluding diaryl/α,β-unsaturated/α-hetero) is 1. The zero-order valence-corrected chi connectivity index (χ0v) is 22.9. The first-order valence-corrected chi connectivity index (χ1v) is 14.1. The van der Waals surface area contributed by atoms with E-state index < -0.39 is 5.92 Å².